The lowest BCUT2D eigenvalue weighted by molar-refractivity contribution is 0.113. The minimum Gasteiger partial charge on any atom is -0.334 e. The van der Waals surface area contributed by atoms with Crippen LogP contribution in [0.2, 0.25) is 0 Å². The zero-order chi connectivity index (χ0) is 13.7. The lowest BCUT2D eigenvalue weighted by atomic mass is 10.2. The minimum atomic E-state index is 0.605. The molecule has 1 aromatic rings. The number of nitrogens with zero attached hydrogens (tertiary/aromatic N) is 4. The average Bonchev–Trinajstić information content (AvgIpc) is 2.82. The Morgan fingerprint density at radius 2 is 2.21 bits per heavy atom. The van der Waals surface area contributed by atoms with Crippen molar-refractivity contribution in [3.63, 3.8) is 0 Å². The third kappa shape index (κ3) is 4.03. The Morgan fingerprint density at radius 3 is 3.00 bits per heavy atom. The van der Waals surface area contributed by atoms with Crippen molar-refractivity contribution in [2.24, 2.45) is 0 Å². The van der Waals surface area contributed by atoms with Crippen molar-refractivity contribution in [3.8, 4) is 0 Å². The molecule has 0 aromatic carbocycles. The molecule has 0 spiro atoms. The topological polar surface area (TPSA) is 36.3 Å². The van der Waals surface area contributed by atoms with Crippen LogP contribution in [0.15, 0.2) is 12.4 Å². The molecule has 1 N–H and O–H groups in total. The van der Waals surface area contributed by atoms with Gasteiger partial charge in [-0.1, -0.05) is 6.92 Å². The molecule has 2 rings (SSSR count). The first-order valence-electron chi connectivity index (χ1n) is 7.30. The van der Waals surface area contributed by atoms with Crippen molar-refractivity contribution in [2.45, 2.75) is 32.5 Å². The highest BCUT2D eigenvalue weighted by molar-refractivity contribution is 4.92. The second-order valence-electron chi connectivity index (χ2n) is 5.56. The Kier molecular flexibility index (Phi) is 5.36. The zero-order valence-corrected chi connectivity index (χ0v) is 12.5. The van der Waals surface area contributed by atoms with Crippen LogP contribution in [-0.2, 0) is 13.1 Å². The van der Waals surface area contributed by atoms with Crippen LogP contribution in [-0.4, -0.2) is 65.7 Å². The Labute approximate surface area is 116 Å². The molecule has 1 aromatic heterocycles. The van der Waals surface area contributed by atoms with Gasteiger partial charge in [0.1, 0.15) is 5.82 Å². The maximum Gasteiger partial charge on any atom is 0.122 e. The molecule has 0 radical (unpaired) electrons. The summed E-state index contributed by atoms with van der Waals surface area (Å²) in [6.07, 6.45) is 5.12. The summed E-state index contributed by atoms with van der Waals surface area (Å²) >= 11 is 0. The second kappa shape index (κ2) is 7.03. The molecule has 1 fully saturated rings. The molecule has 1 aliphatic rings. The summed E-state index contributed by atoms with van der Waals surface area (Å²) in [6.45, 7) is 8.63. The highest BCUT2D eigenvalue weighted by Crippen LogP contribution is 2.05. The van der Waals surface area contributed by atoms with Gasteiger partial charge in [0.2, 0.25) is 0 Å². The van der Waals surface area contributed by atoms with Gasteiger partial charge in [-0.05, 0) is 20.5 Å². The third-order valence-electron chi connectivity index (χ3n) is 3.91. The van der Waals surface area contributed by atoms with Gasteiger partial charge in [-0.25, -0.2) is 4.98 Å². The van der Waals surface area contributed by atoms with Crippen LogP contribution >= 0.6 is 0 Å². The second-order valence-corrected chi connectivity index (χ2v) is 5.56. The molecule has 0 aliphatic carbocycles. The SMILES string of the molecule is CCCn1ccnc1CNCC1CN(C)CCN1C. The van der Waals surface area contributed by atoms with Crippen LogP contribution in [0.25, 0.3) is 0 Å². The fourth-order valence-corrected chi connectivity index (χ4v) is 2.62. The van der Waals surface area contributed by atoms with E-state index in [4.69, 9.17) is 0 Å². The standard InChI is InChI=1S/C14H27N5/c1-4-6-19-7-5-16-14(19)11-15-10-13-12-17(2)8-9-18(13)3/h5,7,13,15H,4,6,8-12H2,1-3H3. The van der Waals surface area contributed by atoms with Crippen LogP contribution in [0.1, 0.15) is 19.2 Å². The first-order chi connectivity index (χ1) is 9.20. The summed E-state index contributed by atoms with van der Waals surface area (Å²) in [7, 11) is 4.42. The normalized spacial score (nSPS) is 21.9. The maximum atomic E-state index is 4.43. The van der Waals surface area contributed by atoms with Crippen molar-refractivity contribution in [1.82, 2.24) is 24.7 Å². The number of nitrogens with one attached hydrogen (secondary N) is 1. The number of hydrogen-bond donors (Lipinski definition) is 1. The van der Waals surface area contributed by atoms with E-state index in [9.17, 15) is 0 Å². The van der Waals surface area contributed by atoms with E-state index >= 15 is 0 Å². The van der Waals surface area contributed by atoms with E-state index in [1.807, 2.05) is 6.20 Å². The molecule has 0 bridgehead atoms. The highest BCUT2D eigenvalue weighted by atomic mass is 15.3. The van der Waals surface area contributed by atoms with E-state index in [-0.39, 0.29) is 0 Å². The van der Waals surface area contributed by atoms with Gasteiger partial charge < -0.3 is 14.8 Å². The van der Waals surface area contributed by atoms with E-state index in [0.717, 1.165) is 45.0 Å². The minimum absolute atomic E-state index is 0.605. The number of rotatable bonds is 6. The molecule has 108 valence electrons. The van der Waals surface area contributed by atoms with Crippen molar-refractivity contribution < 1.29 is 0 Å². The fraction of sp³-hybridized carbons (Fsp3) is 0.786. The third-order valence-corrected chi connectivity index (χ3v) is 3.91. The largest absolute Gasteiger partial charge is 0.334 e. The summed E-state index contributed by atoms with van der Waals surface area (Å²) in [5.74, 6) is 1.15. The summed E-state index contributed by atoms with van der Waals surface area (Å²) in [4.78, 5) is 9.28. The summed E-state index contributed by atoms with van der Waals surface area (Å²) in [5, 5.41) is 3.56. The average molecular weight is 265 g/mol. The molecule has 1 aliphatic heterocycles. The summed E-state index contributed by atoms with van der Waals surface area (Å²) in [6, 6.07) is 0.605. The van der Waals surface area contributed by atoms with Crippen molar-refractivity contribution in [2.75, 3.05) is 40.3 Å². The van der Waals surface area contributed by atoms with Crippen molar-refractivity contribution in [3.05, 3.63) is 18.2 Å². The predicted octanol–water partition coefficient (Wildman–Crippen LogP) is 0.629. The summed E-state index contributed by atoms with van der Waals surface area (Å²) < 4.78 is 2.24. The van der Waals surface area contributed by atoms with Gasteiger partial charge in [0, 0.05) is 51.2 Å². The molecule has 1 unspecified atom stereocenters. The van der Waals surface area contributed by atoms with Gasteiger partial charge in [0.15, 0.2) is 0 Å². The fourth-order valence-electron chi connectivity index (χ4n) is 2.62. The molecule has 2 heterocycles. The predicted molar refractivity (Wildman–Crippen MR) is 78.1 cm³/mol. The van der Waals surface area contributed by atoms with E-state index in [2.05, 4.69) is 51.9 Å². The van der Waals surface area contributed by atoms with Crippen molar-refractivity contribution >= 4 is 0 Å². The number of aryl methyl sites for hydroxylation is 1. The van der Waals surface area contributed by atoms with E-state index in [1.165, 1.54) is 6.54 Å². The van der Waals surface area contributed by atoms with Crippen molar-refractivity contribution in [1.29, 1.82) is 0 Å². The van der Waals surface area contributed by atoms with Gasteiger partial charge in [-0.3, -0.25) is 4.90 Å². The van der Waals surface area contributed by atoms with Gasteiger partial charge in [0.25, 0.3) is 0 Å². The van der Waals surface area contributed by atoms with E-state index in [1.54, 1.807) is 0 Å². The van der Waals surface area contributed by atoms with Gasteiger partial charge in [-0.2, -0.15) is 0 Å². The smallest absolute Gasteiger partial charge is 0.122 e. The van der Waals surface area contributed by atoms with Crippen LogP contribution in [0, 0.1) is 0 Å². The Morgan fingerprint density at radius 1 is 1.37 bits per heavy atom. The molecule has 5 heteroatoms. The lowest BCUT2D eigenvalue weighted by Gasteiger charge is -2.37. The van der Waals surface area contributed by atoms with E-state index in [0.29, 0.717) is 6.04 Å². The molecular weight excluding hydrogens is 238 g/mol. The Balaban J connectivity index is 1.77. The Bertz CT molecular complexity index is 376. The molecule has 1 saturated heterocycles. The zero-order valence-electron chi connectivity index (χ0n) is 12.5. The number of aromatic nitrogens is 2. The maximum absolute atomic E-state index is 4.43. The number of likely N-dealkylation sites (N-methyl/N-ethyl adjacent to an activating group) is 2. The number of imidazole rings is 1. The quantitative estimate of drug-likeness (QED) is 0.818. The molecule has 1 atom stereocenters. The molecule has 5 nitrogen and oxygen atoms in total. The molecule has 0 amide bonds. The van der Waals surface area contributed by atoms with Crippen LogP contribution in [0.3, 0.4) is 0 Å². The van der Waals surface area contributed by atoms with Crippen LogP contribution in [0.4, 0.5) is 0 Å². The van der Waals surface area contributed by atoms with Crippen LogP contribution in [0.5, 0.6) is 0 Å². The van der Waals surface area contributed by atoms with Crippen LogP contribution < -0.4 is 5.32 Å². The van der Waals surface area contributed by atoms with Gasteiger partial charge in [0.05, 0.1) is 6.54 Å². The summed E-state index contributed by atoms with van der Waals surface area (Å²) in [5.41, 5.74) is 0. The molecular formula is C14H27N5. The molecule has 19 heavy (non-hydrogen) atoms. The monoisotopic (exact) mass is 265 g/mol. The Hall–Kier alpha value is -0.910. The first-order valence-corrected chi connectivity index (χ1v) is 7.30. The van der Waals surface area contributed by atoms with Gasteiger partial charge in [-0.15, -0.1) is 0 Å². The first kappa shape index (κ1) is 14.5. The highest BCUT2D eigenvalue weighted by Gasteiger charge is 2.21. The number of piperazine rings is 1. The number of hydrogen-bond acceptors (Lipinski definition) is 4. The van der Waals surface area contributed by atoms with E-state index < -0.39 is 0 Å². The molecule has 0 saturated carbocycles. The lowest BCUT2D eigenvalue weighted by Crippen LogP contribution is -2.53. The van der Waals surface area contributed by atoms with Gasteiger partial charge >= 0.3 is 0 Å².